The van der Waals surface area contributed by atoms with Crippen molar-refractivity contribution in [2.45, 2.75) is 18.9 Å². The molecular formula is C14H17ClFNO3. The minimum Gasteiger partial charge on any atom is -0.394 e. The Morgan fingerprint density at radius 1 is 1.45 bits per heavy atom. The van der Waals surface area contributed by atoms with Crippen molar-refractivity contribution in [2.75, 3.05) is 26.3 Å². The van der Waals surface area contributed by atoms with Gasteiger partial charge in [0.1, 0.15) is 0 Å². The summed E-state index contributed by atoms with van der Waals surface area (Å²) < 4.78 is 19.2. The fraction of sp³-hybridized carbons (Fsp3) is 0.500. The predicted octanol–water partition coefficient (Wildman–Crippen LogP) is 2.09. The van der Waals surface area contributed by atoms with Gasteiger partial charge in [0.05, 0.1) is 29.9 Å². The van der Waals surface area contributed by atoms with Gasteiger partial charge in [-0.2, -0.15) is 0 Å². The summed E-state index contributed by atoms with van der Waals surface area (Å²) in [5.74, 6) is -1.01. The summed E-state index contributed by atoms with van der Waals surface area (Å²) in [5.41, 5.74) is 0.00669. The Hall–Kier alpha value is -1.17. The van der Waals surface area contributed by atoms with Gasteiger partial charge in [-0.05, 0) is 25.0 Å². The first kappa shape index (κ1) is 15.2. The molecule has 0 aliphatic carbocycles. The number of ether oxygens (including phenoxy) is 1. The van der Waals surface area contributed by atoms with Crippen molar-refractivity contribution in [1.29, 1.82) is 0 Å². The van der Waals surface area contributed by atoms with Crippen molar-refractivity contribution in [2.24, 2.45) is 0 Å². The van der Waals surface area contributed by atoms with Gasteiger partial charge in [-0.3, -0.25) is 4.79 Å². The standard InChI is InChI=1S/C14H17ClFNO3/c15-12-3-1-2-11(13(12)16)14(19)17-6-4-10(5-7-17)20-9-8-18/h1-3,10,18H,4-9H2. The molecule has 110 valence electrons. The molecular weight excluding hydrogens is 285 g/mol. The van der Waals surface area contributed by atoms with Crippen LogP contribution < -0.4 is 0 Å². The molecule has 1 N–H and O–H groups in total. The van der Waals surface area contributed by atoms with Crippen LogP contribution in [0.15, 0.2) is 18.2 Å². The molecule has 1 fully saturated rings. The smallest absolute Gasteiger partial charge is 0.256 e. The van der Waals surface area contributed by atoms with Crippen LogP contribution in [-0.2, 0) is 4.74 Å². The third kappa shape index (κ3) is 3.48. The van der Waals surface area contributed by atoms with Crippen molar-refractivity contribution >= 4 is 17.5 Å². The molecule has 0 bridgehead atoms. The molecule has 0 aromatic heterocycles. The average molecular weight is 302 g/mol. The zero-order valence-corrected chi connectivity index (χ0v) is 11.8. The first-order chi connectivity index (χ1) is 9.63. The first-order valence-electron chi connectivity index (χ1n) is 6.59. The molecule has 1 aliphatic rings. The third-order valence-electron chi connectivity index (χ3n) is 3.36. The SMILES string of the molecule is O=C(c1cccc(Cl)c1F)N1CCC(OCCO)CC1. The summed E-state index contributed by atoms with van der Waals surface area (Å²) in [6.45, 7) is 1.33. The van der Waals surface area contributed by atoms with Gasteiger partial charge < -0.3 is 14.7 Å². The predicted molar refractivity (Wildman–Crippen MR) is 73.4 cm³/mol. The number of benzene rings is 1. The Bertz CT molecular complexity index is 475. The van der Waals surface area contributed by atoms with E-state index in [1.807, 2.05) is 0 Å². The van der Waals surface area contributed by atoms with Crippen LogP contribution in [0.25, 0.3) is 0 Å². The maximum absolute atomic E-state index is 13.8. The minimum absolute atomic E-state index is 0.00669. The largest absolute Gasteiger partial charge is 0.394 e. The number of rotatable bonds is 4. The highest BCUT2D eigenvalue weighted by atomic mass is 35.5. The van der Waals surface area contributed by atoms with Crippen LogP contribution in [-0.4, -0.2) is 48.3 Å². The van der Waals surface area contributed by atoms with Crippen molar-refractivity contribution in [1.82, 2.24) is 4.90 Å². The van der Waals surface area contributed by atoms with Crippen molar-refractivity contribution in [3.63, 3.8) is 0 Å². The van der Waals surface area contributed by atoms with Crippen LogP contribution >= 0.6 is 11.6 Å². The van der Waals surface area contributed by atoms with Gasteiger partial charge in [-0.1, -0.05) is 17.7 Å². The van der Waals surface area contributed by atoms with Crippen LogP contribution in [0, 0.1) is 5.82 Å². The quantitative estimate of drug-likeness (QED) is 0.926. The molecule has 1 aromatic carbocycles. The van der Waals surface area contributed by atoms with Gasteiger partial charge in [0.2, 0.25) is 0 Å². The zero-order chi connectivity index (χ0) is 14.5. The Kier molecular flexibility index (Phi) is 5.34. The molecule has 1 aromatic rings. The van der Waals surface area contributed by atoms with E-state index in [1.165, 1.54) is 12.1 Å². The summed E-state index contributed by atoms with van der Waals surface area (Å²) >= 11 is 5.69. The van der Waals surface area contributed by atoms with Crippen LogP contribution in [0.2, 0.25) is 5.02 Å². The van der Waals surface area contributed by atoms with Crippen LogP contribution in [0.3, 0.4) is 0 Å². The van der Waals surface area contributed by atoms with E-state index < -0.39 is 5.82 Å². The number of hydrogen-bond donors (Lipinski definition) is 1. The van der Waals surface area contributed by atoms with Crippen LogP contribution in [0.5, 0.6) is 0 Å². The molecule has 2 rings (SSSR count). The second kappa shape index (κ2) is 7.02. The van der Waals surface area contributed by atoms with E-state index in [4.69, 9.17) is 21.4 Å². The van der Waals surface area contributed by atoms with Crippen molar-refractivity contribution < 1.29 is 19.0 Å². The van der Waals surface area contributed by atoms with E-state index in [0.29, 0.717) is 32.5 Å². The van der Waals surface area contributed by atoms with Crippen molar-refractivity contribution in [3.8, 4) is 0 Å². The lowest BCUT2D eigenvalue weighted by molar-refractivity contribution is -0.00561. The van der Waals surface area contributed by atoms with Gasteiger partial charge >= 0.3 is 0 Å². The second-order valence-corrected chi connectivity index (χ2v) is 5.09. The summed E-state index contributed by atoms with van der Waals surface area (Å²) in [5, 5.41) is 8.65. The molecule has 0 spiro atoms. The van der Waals surface area contributed by atoms with Gasteiger partial charge in [-0.25, -0.2) is 4.39 Å². The third-order valence-corrected chi connectivity index (χ3v) is 3.65. The molecule has 6 heteroatoms. The molecule has 20 heavy (non-hydrogen) atoms. The van der Waals surface area contributed by atoms with Crippen molar-refractivity contribution in [3.05, 3.63) is 34.6 Å². The van der Waals surface area contributed by atoms with E-state index >= 15 is 0 Å². The van der Waals surface area contributed by atoms with E-state index in [9.17, 15) is 9.18 Å². The number of piperidine rings is 1. The van der Waals surface area contributed by atoms with Crippen LogP contribution in [0.1, 0.15) is 23.2 Å². The summed E-state index contributed by atoms with van der Waals surface area (Å²) in [6.07, 6.45) is 1.43. The molecule has 1 heterocycles. The first-order valence-corrected chi connectivity index (χ1v) is 6.97. The number of carbonyl (C=O) groups is 1. The summed E-state index contributed by atoms with van der Waals surface area (Å²) in [6, 6.07) is 4.43. The number of aliphatic hydroxyl groups excluding tert-OH is 1. The number of aliphatic hydroxyl groups is 1. The number of likely N-dealkylation sites (tertiary alicyclic amines) is 1. The van der Waals surface area contributed by atoms with E-state index in [0.717, 1.165) is 0 Å². The summed E-state index contributed by atoms with van der Waals surface area (Å²) in [4.78, 5) is 13.8. The molecule has 0 saturated carbocycles. The number of halogens is 2. The Morgan fingerprint density at radius 2 is 2.15 bits per heavy atom. The molecule has 0 radical (unpaired) electrons. The molecule has 1 saturated heterocycles. The van der Waals surface area contributed by atoms with Gasteiger partial charge in [0, 0.05) is 13.1 Å². The Balaban J connectivity index is 1.96. The number of amides is 1. The van der Waals surface area contributed by atoms with E-state index in [-0.39, 0.29) is 29.2 Å². The lowest BCUT2D eigenvalue weighted by atomic mass is 10.1. The lowest BCUT2D eigenvalue weighted by Gasteiger charge is -2.32. The Morgan fingerprint density at radius 3 is 2.80 bits per heavy atom. The van der Waals surface area contributed by atoms with E-state index in [1.54, 1.807) is 11.0 Å². The van der Waals surface area contributed by atoms with E-state index in [2.05, 4.69) is 0 Å². The minimum atomic E-state index is -0.669. The lowest BCUT2D eigenvalue weighted by Crippen LogP contribution is -2.41. The molecule has 1 aliphatic heterocycles. The highest BCUT2D eigenvalue weighted by Crippen LogP contribution is 2.21. The number of carbonyl (C=O) groups excluding carboxylic acids is 1. The monoisotopic (exact) mass is 301 g/mol. The average Bonchev–Trinajstić information content (AvgIpc) is 2.48. The van der Waals surface area contributed by atoms with Gasteiger partial charge in [0.15, 0.2) is 5.82 Å². The maximum Gasteiger partial charge on any atom is 0.256 e. The highest BCUT2D eigenvalue weighted by molar-refractivity contribution is 6.31. The molecule has 0 unspecified atom stereocenters. The molecule has 0 atom stereocenters. The highest BCUT2D eigenvalue weighted by Gasteiger charge is 2.26. The van der Waals surface area contributed by atoms with Gasteiger partial charge in [0.25, 0.3) is 5.91 Å². The maximum atomic E-state index is 13.8. The van der Waals surface area contributed by atoms with Crippen LogP contribution in [0.4, 0.5) is 4.39 Å². The fourth-order valence-electron chi connectivity index (χ4n) is 2.28. The number of nitrogens with zero attached hydrogens (tertiary/aromatic N) is 1. The van der Waals surface area contributed by atoms with Gasteiger partial charge in [-0.15, -0.1) is 0 Å². The number of hydrogen-bond acceptors (Lipinski definition) is 3. The second-order valence-electron chi connectivity index (χ2n) is 4.69. The molecule has 1 amide bonds. The zero-order valence-electron chi connectivity index (χ0n) is 11.0. The summed E-state index contributed by atoms with van der Waals surface area (Å²) in [7, 11) is 0. The normalized spacial score (nSPS) is 16.4. The topological polar surface area (TPSA) is 49.8 Å². The fourth-order valence-corrected chi connectivity index (χ4v) is 2.46. The molecule has 4 nitrogen and oxygen atoms in total. The Labute approximate surface area is 122 Å².